The van der Waals surface area contributed by atoms with Crippen LogP contribution in [0.25, 0.3) is 0 Å². The number of primary sulfonamides is 1. The van der Waals surface area contributed by atoms with E-state index in [1.54, 1.807) is 0 Å². The summed E-state index contributed by atoms with van der Waals surface area (Å²) < 4.78 is 22.6. The van der Waals surface area contributed by atoms with Gasteiger partial charge in [-0.05, 0) is 25.0 Å². The third-order valence-electron chi connectivity index (χ3n) is 2.96. The summed E-state index contributed by atoms with van der Waals surface area (Å²) in [5.74, 6) is 0. The van der Waals surface area contributed by atoms with E-state index in [9.17, 15) is 8.42 Å². The average Bonchev–Trinajstić information content (AvgIpc) is 2.29. The lowest BCUT2D eigenvalue weighted by Crippen LogP contribution is -2.44. The quantitative estimate of drug-likeness (QED) is 0.837. The topological polar surface area (TPSA) is 63.4 Å². The number of para-hydroxylation sites is 1. The minimum Gasteiger partial charge on any atom is -0.370 e. The molecule has 1 saturated heterocycles. The predicted molar refractivity (Wildman–Crippen MR) is 64.8 cm³/mol. The molecule has 16 heavy (non-hydrogen) atoms. The Morgan fingerprint density at radius 1 is 1.25 bits per heavy atom. The molecule has 0 saturated carbocycles. The summed E-state index contributed by atoms with van der Waals surface area (Å²) in [6.07, 6.45) is 1.54. The van der Waals surface area contributed by atoms with Gasteiger partial charge in [0.25, 0.3) is 0 Å². The number of piperidine rings is 1. The summed E-state index contributed by atoms with van der Waals surface area (Å²) in [7, 11) is -3.41. The summed E-state index contributed by atoms with van der Waals surface area (Å²) in [6, 6.07) is 9.84. The Hall–Kier alpha value is -1.07. The van der Waals surface area contributed by atoms with Crippen molar-refractivity contribution in [2.24, 2.45) is 5.14 Å². The Morgan fingerprint density at radius 3 is 2.56 bits per heavy atom. The number of benzene rings is 1. The molecule has 2 rings (SSSR count). The van der Waals surface area contributed by atoms with Crippen LogP contribution in [0, 0.1) is 0 Å². The van der Waals surface area contributed by atoms with Crippen LogP contribution in [0.1, 0.15) is 12.8 Å². The van der Waals surface area contributed by atoms with Crippen molar-refractivity contribution in [1.82, 2.24) is 0 Å². The van der Waals surface area contributed by atoms with Crippen molar-refractivity contribution in [3.8, 4) is 0 Å². The van der Waals surface area contributed by atoms with Crippen LogP contribution in [0.4, 0.5) is 5.69 Å². The van der Waals surface area contributed by atoms with E-state index in [4.69, 9.17) is 5.14 Å². The fourth-order valence-electron chi connectivity index (χ4n) is 2.08. The van der Waals surface area contributed by atoms with Gasteiger partial charge in [-0.25, -0.2) is 13.6 Å². The molecule has 0 spiro atoms. The molecular formula is C11H16N2O2S. The highest BCUT2D eigenvalue weighted by Gasteiger charge is 2.27. The van der Waals surface area contributed by atoms with Gasteiger partial charge in [0.1, 0.15) is 0 Å². The molecule has 1 aromatic rings. The predicted octanol–water partition coefficient (Wildman–Crippen LogP) is 0.944. The van der Waals surface area contributed by atoms with Gasteiger partial charge in [-0.3, -0.25) is 0 Å². The molecule has 0 radical (unpaired) electrons. The molecule has 1 heterocycles. The van der Waals surface area contributed by atoms with E-state index in [2.05, 4.69) is 4.90 Å². The summed E-state index contributed by atoms with van der Waals surface area (Å²) in [5, 5.41) is 4.77. The van der Waals surface area contributed by atoms with Crippen LogP contribution in [0.3, 0.4) is 0 Å². The van der Waals surface area contributed by atoms with E-state index in [-0.39, 0.29) is 0 Å². The van der Waals surface area contributed by atoms with E-state index < -0.39 is 15.3 Å². The van der Waals surface area contributed by atoms with Crippen LogP contribution in [-0.2, 0) is 10.0 Å². The molecule has 4 nitrogen and oxygen atoms in total. The normalized spacial score (nSPS) is 22.1. The van der Waals surface area contributed by atoms with Crippen molar-refractivity contribution in [1.29, 1.82) is 0 Å². The average molecular weight is 240 g/mol. The fourth-order valence-corrected chi connectivity index (χ4v) is 2.96. The van der Waals surface area contributed by atoms with Gasteiger partial charge in [0.05, 0.1) is 5.25 Å². The number of nitrogens with zero attached hydrogens (tertiary/aromatic N) is 1. The van der Waals surface area contributed by atoms with E-state index >= 15 is 0 Å². The van der Waals surface area contributed by atoms with E-state index in [1.807, 2.05) is 30.3 Å². The SMILES string of the molecule is NS(=O)(=O)C1CCCN(c2ccccc2)C1. The molecule has 1 atom stereocenters. The highest BCUT2D eigenvalue weighted by molar-refractivity contribution is 7.89. The lowest BCUT2D eigenvalue weighted by molar-refractivity contribution is 0.533. The molecule has 0 amide bonds. The Balaban J connectivity index is 2.14. The first-order chi connectivity index (χ1) is 7.57. The first-order valence-corrected chi connectivity index (χ1v) is 7.00. The van der Waals surface area contributed by atoms with Crippen LogP contribution < -0.4 is 10.0 Å². The fraction of sp³-hybridized carbons (Fsp3) is 0.455. The van der Waals surface area contributed by atoms with E-state index in [0.717, 1.165) is 18.7 Å². The lowest BCUT2D eigenvalue weighted by Gasteiger charge is -2.33. The molecule has 2 N–H and O–H groups in total. The highest BCUT2D eigenvalue weighted by Crippen LogP contribution is 2.21. The number of hydrogen-bond acceptors (Lipinski definition) is 3. The highest BCUT2D eigenvalue weighted by atomic mass is 32.2. The molecule has 0 bridgehead atoms. The minimum atomic E-state index is -3.41. The zero-order valence-corrected chi connectivity index (χ0v) is 9.86. The molecular weight excluding hydrogens is 224 g/mol. The summed E-state index contributed by atoms with van der Waals surface area (Å²) in [5.41, 5.74) is 1.07. The van der Waals surface area contributed by atoms with Crippen LogP contribution in [0.2, 0.25) is 0 Å². The smallest absolute Gasteiger partial charge is 0.213 e. The molecule has 1 fully saturated rings. The van der Waals surface area contributed by atoms with Gasteiger partial charge in [-0.2, -0.15) is 0 Å². The van der Waals surface area contributed by atoms with Crippen molar-refractivity contribution in [3.05, 3.63) is 30.3 Å². The second-order valence-corrected chi connectivity index (χ2v) is 5.98. The van der Waals surface area contributed by atoms with Gasteiger partial charge in [0, 0.05) is 18.8 Å². The zero-order valence-electron chi connectivity index (χ0n) is 9.04. The molecule has 1 aromatic carbocycles. The van der Waals surface area contributed by atoms with Gasteiger partial charge in [-0.1, -0.05) is 18.2 Å². The maximum Gasteiger partial charge on any atom is 0.213 e. The second kappa shape index (κ2) is 4.43. The van der Waals surface area contributed by atoms with Crippen LogP contribution >= 0.6 is 0 Å². The first kappa shape index (κ1) is 11.4. The van der Waals surface area contributed by atoms with Gasteiger partial charge in [-0.15, -0.1) is 0 Å². The Bertz CT molecular complexity index is 444. The van der Waals surface area contributed by atoms with Gasteiger partial charge < -0.3 is 4.90 Å². The first-order valence-electron chi connectivity index (χ1n) is 5.39. The summed E-state index contributed by atoms with van der Waals surface area (Å²) in [4.78, 5) is 2.08. The minimum absolute atomic E-state index is 0.429. The Labute approximate surface area is 96.1 Å². The second-order valence-electron chi connectivity index (χ2n) is 4.13. The van der Waals surface area contributed by atoms with Crippen molar-refractivity contribution in [2.75, 3.05) is 18.0 Å². The van der Waals surface area contributed by atoms with Gasteiger partial charge in [0.15, 0.2) is 0 Å². The summed E-state index contributed by atoms with van der Waals surface area (Å²) in [6.45, 7) is 1.40. The van der Waals surface area contributed by atoms with Crippen LogP contribution in [0.5, 0.6) is 0 Å². The summed E-state index contributed by atoms with van der Waals surface area (Å²) >= 11 is 0. The molecule has 1 aliphatic heterocycles. The molecule has 88 valence electrons. The van der Waals surface area contributed by atoms with E-state index in [1.165, 1.54) is 0 Å². The molecule has 0 aliphatic carbocycles. The zero-order chi connectivity index (χ0) is 11.6. The van der Waals surface area contributed by atoms with Crippen molar-refractivity contribution < 1.29 is 8.42 Å². The number of anilines is 1. The van der Waals surface area contributed by atoms with Gasteiger partial charge >= 0.3 is 0 Å². The van der Waals surface area contributed by atoms with Crippen molar-refractivity contribution >= 4 is 15.7 Å². The largest absolute Gasteiger partial charge is 0.370 e. The number of sulfonamides is 1. The van der Waals surface area contributed by atoms with Crippen molar-refractivity contribution in [3.63, 3.8) is 0 Å². The maximum absolute atomic E-state index is 11.3. The third kappa shape index (κ3) is 2.54. The maximum atomic E-state index is 11.3. The lowest BCUT2D eigenvalue weighted by atomic mass is 10.1. The van der Waals surface area contributed by atoms with Crippen LogP contribution in [-0.4, -0.2) is 26.8 Å². The third-order valence-corrected chi connectivity index (χ3v) is 4.28. The Kier molecular flexibility index (Phi) is 3.16. The standard InChI is InChI=1S/C11H16N2O2S/c12-16(14,15)11-7-4-8-13(9-11)10-5-2-1-3-6-10/h1-3,5-6,11H,4,7-9H2,(H2,12,14,15). The molecule has 0 aromatic heterocycles. The van der Waals surface area contributed by atoms with Crippen molar-refractivity contribution in [2.45, 2.75) is 18.1 Å². The number of rotatable bonds is 2. The molecule has 5 heteroatoms. The monoisotopic (exact) mass is 240 g/mol. The molecule has 1 unspecified atom stereocenters. The van der Waals surface area contributed by atoms with Crippen LogP contribution in [0.15, 0.2) is 30.3 Å². The van der Waals surface area contributed by atoms with Gasteiger partial charge in [0.2, 0.25) is 10.0 Å². The number of nitrogens with two attached hydrogens (primary N) is 1. The molecule has 1 aliphatic rings. The van der Waals surface area contributed by atoms with E-state index in [0.29, 0.717) is 13.0 Å². The Morgan fingerprint density at radius 2 is 1.94 bits per heavy atom. The number of hydrogen-bond donors (Lipinski definition) is 1.